The van der Waals surface area contributed by atoms with Crippen molar-refractivity contribution < 1.29 is 9.47 Å². The number of aryl methyl sites for hydroxylation is 1. The molecule has 3 atom stereocenters. The predicted octanol–water partition coefficient (Wildman–Crippen LogP) is 4.21. The van der Waals surface area contributed by atoms with Crippen LogP contribution in [0.25, 0.3) is 0 Å². The molecule has 3 heteroatoms. The Morgan fingerprint density at radius 2 is 2.00 bits per heavy atom. The molecule has 2 heterocycles. The first kappa shape index (κ1) is 17.1. The highest BCUT2D eigenvalue weighted by atomic mass is 16.5. The maximum Gasteiger partial charge on any atom is 0.169 e. The lowest BCUT2D eigenvalue weighted by molar-refractivity contribution is 0.0817. The Morgan fingerprint density at radius 3 is 2.71 bits per heavy atom. The second-order valence-corrected chi connectivity index (χ2v) is 6.72. The van der Waals surface area contributed by atoms with Gasteiger partial charge in [0, 0.05) is 11.6 Å². The van der Waals surface area contributed by atoms with E-state index in [1.54, 1.807) is 7.11 Å². The first-order chi connectivity index (χ1) is 11.6. The van der Waals surface area contributed by atoms with Gasteiger partial charge in [-0.3, -0.25) is 4.90 Å². The number of methoxy groups -OCH3 is 1. The highest BCUT2D eigenvalue weighted by Crippen LogP contribution is 2.57. The van der Waals surface area contributed by atoms with Crippen molar-refractivity contribution in [3.63, 3.8) is 0 Å². The van der Waals surface area contributed by atoms with Gasteiger partial charge in [0.05, 0.1) is 12.5 Å². The van der Waals surface area contributed by atoms with Gasteiger partial charge in [0.1, 0.15) is 11.5 Å². The van der Waals surface area contributed by atoms with Crippen molar-refractivity contribution in [2.75, 3.05) is 20.7 Å². The molecule has 3 aliphatic rings. The molecule has 3 nitrogen and oxygen atoms in total. The van der Waals surface area contributed by atoms with Crippen LogP contribution < -0.4 is 4.74 Å². The summed E-state index contributed by atoms with van der Waals surface area (Å²) in [7, 11) is 3.95. The summed E-state index contributed by atoms with van der Waals surface area (Å²) in [5.74, 6) is 1.97. The zero-order chi connectivity index (χ0) is 17.5. The highest BCUT2D eigenvalue weighted by Gasteiger charge is 2.58. The summed E-state index contributed by atoms with van der Waals surface area (Å²) in [5, 5.41) is 0. The van der Waals surface area contributed by atoms with Gasteiger partial charge in [-0.25, -0.2) is 0 Å². The van der Waals surface area contributed by atoms with Crippen LogP contribution >= 0.6 is 0 Å². The van der Waals surface area contributed by atoms with Crippen molar-refractivity contribution in [2.24, 2.45) is 0 Å². The molecule has 0 radical (unpaired) electrons. The number of allylic oxidation sites excluding steroid dienone is 2. The van der Waals surface area contributed by atoms with Crippen LogP contribution in [0.5, 0.6) is 5.75 Å². The van der Waals surface area contributed by atoms with Gasteiger partial charge in [0.15, 0.2) is 6.10 Å². The van der Waals surface area contributed by atoms with Crippen molar-refractivity contribution in [2.45, 2.75) is 51.7 Å². The standard InChI is InChI=1S/C19H23NO2.C2H6/c1-12-6-5-7-15-17(12)19-10-11-20(3)13(2)14(19)8-9-16(21-4)18(19)22-15;1-2/h5-9,13,18H,10-11H2,1-4H3;1-2H3/t13?,18-,19-;/m0./s1. The number of hydrogen-bond donors (Lipinski definition) is 0. The smallest absolute Gasteiger partial charge is 0.169 e. The average molecular weight is 327 g/mol. The number of likely N-dealkylation sites (N-methyl/N-ethyl adjacent to an activating group) is 1. The first-order valence-electron chi connectivity index (χ1n) is 9.03. The summed E-state index contributed by atoms with van der Waals surface area (Å²) in [4.78, 5) is 2.43. The molecule has 1 aliphatic carbocycles. The summed E-state index contributed by atoms with van der Waals surface area (Å²) in [6.45, 7) is 9.57. The van der Waals surface area contributed by atoms with E-state index in [0.29, 0.717) is 6.04 Å². The molecule has 1 spiro atoms. The lowest BCUT2D eigenvalue weighted by Gasteiger charge is -2.48. The number of likely N-dealkylation sites (tertiary alicyclic amines) is 1. The number of benzene rings is 1. The molecule has 1 fully saturated rings. The van der Waals surface area contributed by atoms with Crippen LogP contribution in [-0.2, 0) is 10.2 Å². The Kier molecular flexibility index (Phi) is 4.48. The Bertz CT molecular complexity index is 691. The van der Waals surface area contributed by atoms with Crippen molar-refractivity contribution in [3.05, 3.63) is 52.8 Å². The minimum absolute atomic E-state index is 0.0234. The molecule has 0 bridgehead atoms. The molecule has 24 heavy (non-hydrogen) atoms. The van der Waals surface area contributed by atoms with E-state index in [9.17, 15) is 0 Å². The van der Waals surface area contributed by atoms with Gasteiger partial charge < -0.3 is 9.47 Å². The van der Waals surface area contributed by atoms with E-state index >= 15 is 0 Å². The number of hydrogen-bond acceptors (Lipinski definition) is 3. The minimum atomic E-state index is -0.0628. The molecule has 0 amide bonds. The molecule has 0 saturated carbocycles. The third kappa shape index (κ3) is 2.14. The zero-order valence-corrected chi connectivity index (χ0v) is 15.7. The van der Waals surface area contributed by atoms with Crippen molar-refractivity contribution in [1.29, 1.82) is 0 Å². The highest BCUT2D eigenvalue weighted by molar-refractivity contribution is 5.60. The minimum Gasteiger partial charge on any atom is -0.497 e. The van der Waals surface area contributed by atoms with Gasteiger partial charge >= 0.3 is 0 Å². The number of fused-ring (bicyclic) bond motifs is 1. The molecule has 1 unspecified atom stereocenters. The van der Waals surface area contributed by atoms with E-state index in [0.717, 1.165) is 24.5 Å². The Morgan fingerprint density at radius 1 is 1.25 bits per heavy atom. The topological polar surface area (TPSA) is 21.7 Å². The van der Waals surface area contributed by atoms with E-state index in [-0.39, 0.29) is 11.5 Å². The number of nitrogens with zero attached hydrogens (tertiary/aromatic N) is 1. The SMILES string of the molecule is CC.COC1=CC=C2C(C)N(C)CC[C@@]23c2c(C)cccc2O[C@@H]13. The molecule has 2 aliphatic heterocycles. The van der Waals surface area contributed by atoms with Gasteiger partial charge in [-0.1, -0.05) is 32.1 Å². The van der Waals surface area contributed by atoms with Crippen LogP contribution in [0.1, 0.15) is 38.3 Å². The number of ether oxygens (including phenoxy) is 2. The summed E-state index contributed by atoms with van der Waals surface area (Å²) in [6, 6.07) is 6.80. The Labute approximate surface area is 146 Å². The Hall–Kier alpha value is -1.74. The van der Waals surface area contributed by atoms with Gasteiger partial charge in [-0.15, -0.1) is 0 Å². The van der Waals surface area contributed by atoms with E-state index in [2.05, 4.69) is 56.1 Å². The van der Waals surface area contributed by atoms with Gasteiger partial charge in [0.2, 0.25) is 0 Å². The maximum absolute atomic E-state index is 6.39. The summed E-state index contributed by atoms with van der Waals surface area (Å²) in [5.41, 5.74) is 4.08. The van der Waals surface area contributed by atoms with Gasteiger partial charge in [0.25, 0.3) is 0 Å². The summed E-state index contributed by atoms with van der Waals surface area (Å²) in [6.07, 6.45) is 5.41. The van der Waals surface area contributed by atoms with E-state index in [4.69, 9.17) is 9.47 Å². The zero-order valence-electron chi connectivity index (χ0n) is 15.7. The van der Waals surface area contributed by atoms with Crippen molar-refractivity contribution in [3.8, 4) is 5.75 Å². The predicted molar refractivity (Wildman–Crippen MR) is 98.5 cm³/mol. The van der Waals surface area contributed by atoms with Crippen LogP contribution in [0.4, 0.5) is 0 Å². The van der Waals surface area contributed by atoms with Crippen LogP contribution in [0.3, 0.4) is 0 Å². The van der Waals surface area contributed by atoms with Gasteiger partial charge in [-0.2, -0.15) is 0 Å². The lowest BCUT2D eigenvalue weighted by atomic mass is 9.61. The first-order valence-corrected chi connectivity index (χ1v) is 9.03. The molecular formula is C21H29NO2. The molecule has 1 aromatic rings. The Balaban J connectivity index is 0.000000815. The number of rotatable bonds is 1. The van der Waals surface area contributed by atoms with Crippen LogP contribution in [-0.4, -0.2) is 37.7 Å². The quantitative estimate of drug-likeness (QED) is 0.771. The van der Waals surface area contributed by atoms with E-state index in [1.165, 1.54) is 16.7 Å². The van der Waals surface area contributed by atoms with Crippen LogP contribution in [0, 0.1) is 6.92 Å². The van der Waals surface area contributed by atoms with Crippen LogP contribution in [0.2, 0.25) is 0 Å². The number of piperidine rings is 1. The molecule has 130 valence electrons. The molecular weight excluding hydrogens is 298 g/mol. The third-order valence-electron chi connectivity index (χ3n) is 5.78. The fourth-order valence-electron chi connectivity index (χ4n) is 4.55. The van der Waals surface area contributed by atoms with E-state index < -0.39 is 0 Å². The van der Waals surface area contributed by atoms with Crippen LogP contribution in [0.15, 0.2) is 41.7 Å². The molecule has 1 aromatic carbocycles. The summed E-state index contributed by atoms with van der Waals surface area (Å²) >= 11 is 0. The fourth-order valence-corrected chi connectivity index (χ4v) is 4.55. The lowest BCUT2D eigenvalue weighted by Crippen LogP contribution is -2.54. The van der Waals surface area contributed by atoms with Crippen molar-refractivity contribution >= 4 is 0 Å². The monoisotopic (exact) mass is 327 g/mol. The second kappa shape index (κ2) is 6.29. The van der Waals surface area contributed by atoms with Crippen molar-refractivity contribution in [1.82, 2.24) is 4.90 Å². The summed E-state index contributed by atoms with van der Waals surface area (Å²) < 4.78 is 12.0. The maximum atomic E-state index is 6.39. The largest absolute Gasteiger partial charge is 0.497 e. The second-order valence-electron chi connectivity index (χ2n) is 6.72. The molecule has 0 aromatic heterocycles. The molecule has 4 rings (SSSR count). The molecule has 1 saturated heterocycles. The average Bonchev–Trinajstić information content (AvgIpc) is 2.95. The third-order valence-corrected chi connectivity index (χ3v) is 5.78. The van der Waals surface area contributed by atoms with Gasteiger partial charge in [-0.05, 0) is 57.1 Å². The fraction of sp³-hybridized carbons (Fsp3) is 0.524. The normalized spacial score (nSPS) is 30.6. The molecule has 0 N–H and O–H groups in total. The van der Waals surface area contributed by atoms with E-state index in [1.807, 2.05) is 13.8 Å².